The number of esters is 1. The van der Waals surface area contributed by atoms with Gasteiger partial charge in [0.25, 0.3) is 5.91 Å². The van der Waals surface area contributed by atoms with E-state index in [1.54, 1.807) is 24.3 Å². The maximum Gasteiger partial charge on any atom is 0.416 e. The molecule has 0 bridgehead atoms. The van der Waals surface area contributed by atoms with E-state index in [-0.39, 0.29) is 12.1 Å². The number of rotatable bonds is 2. The Bertz CT molecular complexity index is 802. The van der Waals surface area contributed by atoms with E-state index in [0.29, 0.717) is 11.1 Å². The lowest BCUT2D eigenvalue weighted by Crippen LogP contribution is -2.38. The van der Waals surface area contributed by atoms with Gasteiger partial charge in [0.15, 0.2) is 6.10 Å². The van der Waals surface area contributed by atoms with Crippen LogP contribution in [0, 0.1) is 0 Å². The van der Waals surface area contributed by atoms with Gasteiger partial charge in [0.2, 0.25) is 0 Å². The number of ether oxygens (including phenoxy) is 1. The van der Waals surface area contributed by atoms with Crippen molar-refractivity contribution in [3.63, 3.8) is 0 Å². The molecule has 1 aliphatic rings. The van der Waals surface area contributed by atoms with Crippen LogP contribution in [0.3, 0.4) is 0 Å². The van der Waals surface area contributed by atoms with Crippen LogP contribution in [-0.4, -0.2) is 18.0 Å². The minimum Gasteiger partial charge on any atom is -0.448 e. The molecule has 0 fully saturated rings. The molecule has 7 heteroatoms. The molecule has 2 aromatic carbocycles. The maximum atomic E-state index is 12.7. The second-order valence-electron chi connectivity index (χ2n) is 5.32. The van der Waals surface area contributed by atoms with Crippen LogP contribution >= 0.6 is 0 Å². The van der Waals surface area contributed by atoms with Crippen LogP contribution in [0.15, 0.2) is 48.5 Å². The number of cyclic esters (lactones) is 1. The molecule has 2 aromatic rings. The smallest absolute Gasteiger partial charge is 0.416 e. The summed E-state index contributed by atoms with van der Waals surface area (Å²) in [5.74, 6) is -1.29. The summed E-state index contributed by atoms with van der Waals surface area (Å²) >= 11 is 0. The van der Waals surface area contributed by atoms with E-state index in [4.69, 9.17) is 4.74 Å². The topological polar surface area (TPSA) is 55.4 Å². The second-order valence-corrected chi connectivity index (χ2v) is 5.32. The van der Waals surface area contributed by atoms with Crippen molar-refractivity contribution in [1.82, 2.24) is 0 Å². The number of alkyl halides is 3. The molecule has 1 heterocycles. The van der Waals surface area contributed by atoms with E-state index >= 15 is 0 Å². The van der Waals surface area contributed by atoms with Crippen LogP contribution < -0.4 is 5.32 Å². The summed E-state index contributed by atoms with van der Waals surface area (Å²) in [6, 6.07) is 11.0. The Morgan fingerprint density at radius 3 is 2.62 bits per heavy atom. The van der Waals surface area contributed by atoms with Crippen LogP contribution in [0.1, 0.15) is 21.5 Å². The molecule has 24 heavy (non-hydrogen) atoms. The second kappa shape index (κ2) is 5.99. The summed E-state index contributed by atoms with van der Waals surface area (Å²) in [7, 11) is 0. The first-order valence-electron chi connectivity index (χ1n) is 7.11. The van der Waals surface area contributed by atoms with Gasteiger partial charge in [-0.25, -0.2) is 4.79 Å². The molecular formula is C17H12F3NO3. The first-order valence-corrected chi connectivity index (χ1v) is 7.11. The zero-order valence-electron chi connectivity index (χ0n) is 12.3. The van der Waals surface area contributed by atoms with Crippen molar-refractivity contribution < 1.29 is 27.5 Å². The Morgan fingerprint density at radius 2 is 1.88 bits per heavy atom. The summed E-state index contributed by atoms with van der Waals surface area (Å²) in [6.07, 6.45) is -5.41. The summed E-state index contributed by atoms with van der Waals surface area (Å²) in [5.41, 5.74) is 0.176. The van der Waals surface area contributed by atoms with Gasteiger partial charge in [-0.1, -0.05) is 24.3 Å². The fourth-order valence-corrected chi connectivity index (χ4v) is 2.47. The molecule has 0 aromatic heterocycles. The third-order valence-corrected chi connectivity index (χ3v) is 3.64. The van der Waals surface area contributed by atoms with Gasteiger partial charge in [-0.3, -0.25) is 4.79 Å². The van der Waals surface area contributed by atoms with Crippen molar-refractivity contribution in [2.24, 2.45) is 0 Å². The molecule has 0 saturated heterocycles. The Balaban J connectivity index is 1.76. The Kier molecular flexibility index (Phi) is 4.01. The highest BCUT2D eigenvalue weighted by atomic mass is 19.4. The van der Waals surface area contributed by atoms with Gasteiger partial charge in [-0.15, -0.1) is 0 Å². The van der Waals surface area contributed by atoms with Gasteiger partial charge in [0, 0.05) is 12.1 Å². The van der Waals surface area contributed by atoms with Crippen molar-refractivity contribution in [2.75, 3.05) is 5.32 Å². The number of carbonyl (C=O) groups is 2. The monoisotopic (exact) mass is 335 g/mol. The quantitative estimate of drug-likeness (QED) is 0.856. The molecule has 3 rings (SSSR count). The largest absolute Gasteiger partial charge is 0.448 e. The standard InChI is InChI=1S/C17H12F3NO3/c18-17(19,20)11-5-3-6-12(9-11)21-15(22)14-8-10-4-1-2-7-13(10)16(23)24-14/h1-7,9,14H,8H2,(H,21,22). The molecule has 1 aliphatic heterocycles. The van der Waals surface area contributed by atoms with Gasteiger partial charge in [-0.2, -0.15) is 13.2 Å². The van der Waals surface area contributed by atoms with E-state index in [1.807, 2.05) is 0 Å². The maximum absolute atomic E-state index is 12.7. The fraction of sp³-hybridized carbons (Fsp3) is 0.176. The molecule has 1 unspecified atom stereocenters. The molecule has 124 valence electrons. The Labute approximate surface area is 135 Å². The van der Waals surface area contributed by atoms with Crippen molar-refractivity contribution in [2.45, 2.75) is 18.7 Å². The van der Waals surface area contributed by atoms with Gasteiger partial charge in [0.1, 0.15) is 0 Å². The van der Waals surface area contributed by atoms with Gasteiger partial charge in [-0.05, 0) is 29.8 Å². The lowest BCUT2D eigenvalue weighted by Gasteiger charge is -2.23. The average Bonchev–Trinajstić information content (AvgIpc) is 2.54. The van der Waals surface area contributed by atoms with E-state index in [9.17, 15) is 22.8 Å². The van der Waals surface area contributed by atoms with Crippen LogP contribution in [0.4, 0.5) is 18.9 Å². The van der Waals surface area contributed by atoms with Crippen LogP contribution in [0.25, 0.3) is 0 Å². The first kappa shape index (κ1) is 16.0. The van der Waals surface area contributed by atoms with Gasteiger partial charge in [0.05, 0.1) is 11.1 Å². The SMILES string of the molecule is O=C1OC(C(=O)Nc2cccc(C(F)(F)F)c2)Cc2ccccc21. The minimum atomic E-state index is -4.50. The van der Waals surface area contributed by atoms with E-state index in [0.717, 1.165) is 12.1 Å². The summed E-state index contributed by atoms with van der Waals surface area (Å²) < 4.78 is 43.2. The highest BCUT2D eigenvalue weighted by Gasteiger charge is 2.32. The third-order valence-electron chi connectivity index (χ3n) is 3.64. The zero-order valence-corrected chi connectivity index (χ0v) is 12.3. The lowest BCUT2D eigenvalue weighted by molar-refractivity contribution is -0.137. The van der Waals surface area contributed by atoms with Crippen molar-refractivity contribution >= 4 is 17.6 Å². The van der Waals surface area contributed by atoms with Crippen LogP contribution in [-0.2, 0) is 22.1 Å². The predicted molar refractivity (Wildman–Crippen MR) is 79.4 cm³/mol. The highest BCUT2D eigenvalue weighted by Crippen LogP contribution is 2.31. The number of anilines is 1. The van der Waals surface area contributed by atoms with Crippen molar-refractivity contribution in [3.8, 4) is 0 Å². The Hall–Kier alpha value is -2.83. The number of benzene rings is 2. The lowest BCUT2D eigenvalue weighted by atomic mass is 9.98. The number of halogens is 3. The Morgan fingerprint density at radius 1 is 1.12 bits per heavy atom. The number of fused-ring (bicyclic) bond motifs is 1. The third kappa shape index (κ3) is 3.24. The van der Waals surface area contributed by atoms with E-state index in [2.05, 4.69) is 5.32 Å². The molecule has 0 saturated carbocycles. The van der Waals surface area contributed by atoms with E-state index < -0.39 is 29.7 Å². The molecule has 1 amide bonds. The molecule has 1 N–H and O–H groups in total. The number of amides is 1. The number of hydrogen-bond donors (Lipinski definition) is 1. The normalized spacial score (nSPS) is 17.0. The van der Waals surface area contributed by atoms with Crippen LogP contribution in [0.2, 0.25) is 0 Å². The van der Waals surface area contributed by atoms with E-state index in [1.165, 1.54) is 12.1 Å². The fourth-order valence-electron chi connectivity index (χ4n) is 2.47. The average molecular weight is 335 g/mol. The molecule has 0 radical (unpaired) electrons. The number of hydrogen-bond acceptors (Lipinski definition) is 3. The minimum absolute atomic E-state index is 0.00951. The predicted octanol–water partition coefficient (Wildman–Crippen LogP) is 3.43. The summed E-state index contributed by atoms with van der Waals surface area (Å²) in [6.45, 7) is 0. The van der Waals surface area contributed by atoms with Crippen LogP contribution in [0.5, 0.6) is 0 Å². The molecule has 4 nitrogen and oxygen atoms in total. The van der Waals surface area contributed by atoms with Crippen molar-refractivity contribution in [1.29, 1.82) is 0 Å². The zero-order chi connectivity index (χ0) is 17.3. The van der Waals surface area contributed by atoms with Crippen molar-refractivity contribution in [3.05, 3.63) is 65.2 Å². The molecular weight excluding hydrogens is 323 g/mol. The summed E-state index contributed by atoms with van der Waals surface area (Å²) in [5, 5.41) is 2.36. The van der Waals surface area contributed by atoms with Gasteiger partial charge >= 0.3 is 12.1 Å². The molecule has 1 atom stereocenters. The number of carbonyl (C=O) groups excluding carboxylic acids is 2. The van der Waals surface area contributed by atoms with Gasteiger partial charge < -0.3 is 10.1 Å². The first-order chi connectivity index (χ1) is 11.3. The highest BCUT2D eigenvalue weighted by molar-refractivity contribution is 6.00. The molecule has 0 aliphatic carbocycles. The molecule has 0 spiro atoms. The summed E-state index contributed by atoms with van der Waals surface area (Å²) in [4.78, 5) is 24.1. The number of nitrogens with one attached hydrogen (secondary N) is 1.